The molecule has 9 heteroatoms. The van der Waals surface area contributed by atoms with Crippen molar-refractivity contribution in [3.8, 4) is 0 Å². The number of halogens is 3. The molecule has 2 aliphatic rings. The molecule has 0 radical (unpaired) electrons. The summed E-state index contributed by atoms with van der Waals surface area (Å²) in [4.78, 5) is 20.0. The number of carbonyl (C=O) groups excluding carboxylic acids is 1. The molecule has 1 aromatic heterocycles. The number of amides is 1. The van der Waals surface area contributed by atoms with Gasteiger partial charge in [-0.05, 0) is 31.4 Å². The molecule has 3 atom stereocenters. The number of hydrogen-bond acceptors (Lipinski definition) is 4. The lowest BCUT2D eigenvalue weighted by atomic mass is 9.86. The summed E-state index contributed by atoms with van der Waals surface area (Å²) in [6, 6.07) is 5.83. The molecule has 1 aromatic carbocycles. The maximum Gasteiger partial charge on any atom is 0.234 e. The normalized spacial score (nSPS) is 23.8. The van der Waals surface area contributed by atoms with E-state index in [0.717, 1.165) is 12.8 Å². The van der Waals surface area contributed by atoms with Crippen LogP contribution in [0.25, 0.3) is 0 Å². The first kappa shape index (κ1) is 20.3. The van der Waals surface area contributed by atoms with Crippen molar-refractivity contribution in [1.29, 1.82) is 0 Å². The van der Waals surface area contributed by atoms with Gasteiger partial charge < -0.3 is 9.64 Å². The monoisotopic (exact) mass is 438 g/mol. The molecule has 0 spiro atoms. The number of benzene rings is 1. The molecule has 0 aliphatic carbocycles. The van der Waals surface area contributed by atoms with Crippen molar-refractivity contribution < 1.29 is 13.9 Å². The Labute approximate surface area is 178 Å². The van der Waals surface area contributed by atoms with Crippen LogP contribution in [0.1, 0.15) is 31.4 Å². The second-order valence-electron chi connectivity index (χ2n) is 7.37. The summed E-state index contributed by atoms with van der Waals surface area (Å²) in [6.07, 6.45) is 1.79. The molecule has 1 saturated heterocycles. The highest BCUT2D eigenvalue weighted by Crippen LogP contribution is 2.42. The van der Waals surface area contributed by atoms with E-state index in [0.29, 0.717) is 40.3 Å². The number of carbonyl (C=O) groups is 1. The van der Waals surface area contributed by atoms with Crippen LogP contribution in [0.3, 0.4) is 0 Å². The summed E-state index contributed by atoms with van der Waals surface area (Å²) in [6.45, 7) is 2.90. The summed E-state index contributed by atoms with van der Waals surface area (Å²) in [7, 11) is 1.63. The fraction of sp³-hybridized carbons (Fsp3) is 0.450. The van der Waals surface area contributed by atoms with E-state index >= 15 is 0 Å². The Morgan fingerprint density at radius 2 is 2.17 bits per heavy atom. The quantitative estimate of drug-likeness (QED) is 0.715. The molecule has 2 unspecified atom stereocenters. The molecule has 0 saturated carbocycles. The first-order valence-electron chi connectivity index (χ1n) is 9.46. The molecule has 2 aliphatic heterocycles. The zero-order valence-electron chi connectivity index (χ0n) is 16.1. The number of methoxy groups -OCH3 is 1. The van der Waals surface area contributed by atoms with E-state index in [2.05, 4.69) is 10.1 Å². The Bertz CT molecular complexity index is 977. The van der Waals surface area contributed by atoms with Crippen LogP contribution in [-0.2, 0) is 9.53 Å². The van der Waals surface area contributed by atoms with E-state index in [1.54, 1.807) is 32.2 Å². The van der Waals surface area contributed by atoms with Gasteiger partial charge in [-0.25, -0.2) is 9.67 Å². The SMILES string of the molecule is COC[C@@H]1CCCN1C(=O)C1C(C)=Nc2cc(F)nn2C1c1cccc(Cl)c1Cl. The zero-order chi connectivity index (χ0) is 20.7. The summed E-state index contributed by atoms with van der Waals surface area (Å²) >= 11 is 12.7. The van der Waals surface area contributed by atoms with Gasteiger partial charge in [0.05, 0.1) is 28.7 Å². The molecule has 154 valence electrons. The molecule has 6 nitrogen and oxygen atoms in total. The molecule has 1 amide bonds. The fourth-order valence-electron chi connectivity index (χ4n) is 4.31. The van der Waals surface area contributed by atoms with Crippen LogP contribution in [0, 0.1) is 11.9 Å². The molecule has 3 heterocycles. The molecule has 1 fully saturated rings. The molecule has 29 heavy (non-hydrogen) atoms. The highest BCUT2D eigenvalue weighted by atomic mass is 35.5. The van der Waals surface area contributed by atoms with E-state index in [-0.39, 0.29) is 11.9 Å². The molecule has 2 aromatic rings. The van der Waals surface area contributed by atoms with Gasteiger partial charge in [0.25, 0.3) is 0 Å². The molecular weight excluding hydrogens is 418 g/mol. The molecular formula is C20H21Cl2FN4O2. The lowest BCUT2D eigenvalue weighted by Gasteiger charge is -2.35. The smallest absolute Gasteiger partial charge is 0.234 e. The Kier molecular flexibility index (Phi) is 5.64. The Balaban J connectivity index is 1.82. The largest absolute Gasteiger partial charge is 0.383 e. The predicted molar refractivity (Wildman–Crippen MR) is 110 cm³/mol. The van der Waals surface area contributed by atoms with Gasteiger partial charge in [-0.2, -0.15) is 4.39 Å². The molecule has 4 rings (SSSR count). The minimum Gasteiger partial charge on any atom is -0.383 e. The first-order chi connectivity index (χ1) is 13.9. The van der Waals surface area contributed by atoms with Gasteiger partial charge in [-0.15, -0.1) is 5.10 Å². The van der Waals surface area contributed by atoms with Gasteiger partial charge in [-0.3, -0.25) is 4.79 Å². The third kappa shape index (κ3) is 3.56. The Hall–Kier alpha value is -1.96. The molecule has 0 N–H and O–H groups in total. The fourth-order valence-corrected chi connectivity index (χ4v) is 4.73. The van der Waals surface area contributed by atoms with Crippen molar-refractivity contribution in [3.63, 3.8) is 0 Å². The Morgan fingerprint density at radius 3 is 2.93 bits per heavy atom. The minimum atomic E-state index is -0.671. The van der Waals surface area contributed by atoms with Crippen LogP contribution >= 0.6 is 23.2 Å². The first-order valence-corrected chi connectivity index (χ1v) is 10.2. The zero-order valence-corrected chi connectivity index (χ0v) is 17.6. The highest BCUT2D eigenvalue weighted by Gasteiger charge is 2.43. The Morgan fingerprint density at radius 1 is 1.38 bits per heavy atom. The average molecular weight is 439 g/mol. The number of nitrogens with zero attached hydrogens (tertiary/aromatic N) is 4. The van der Waals surface area contributed by atoms with Crippen molar-refractivity contribution in [1.82, 2.24) is 14.7 Å². The number of aromatic nitrogens is 2. The number of likely N-dealkylation sites (tertiary alicyclic amines) is 1. The number of rotatable bonds is 4. The van der Waals surface area contributed by atoms with Crippen molar-refractivity contribution in [2.24, 2.45) is 10.9 Å². The van der Waals surface area contributed by atoms with Crippen LogP contribution in [0.2, 0.25) is 10.0 Å². The predicted octanol–water partition coefficient (Wildman–Crippen LogP) is 4.28. The van der Waals surface area contributed by atoms with Crippen LogP contribution in [0.5, 0.6) is 0 Å². The molecule has 0 bridgehead atoms. The number of hydrogen-bond donors (Lipinski definition) is 0. The summed E-state index contributed by atoms with van der Waals surface area (Å²) in [5, 5.41) is 4.66. The van der Waals surface area contributed by atoms with E-state index in [9.17, 15) is 9.18 Å². The van der Waals surface area contributed by atoms with E-state index in [1.807, 2.05) is 4.90 Å². The number of aliphatic imine (C=N–C) groups is 1. The van der Waals surface area contributed by atoms with Crippen molar-refractivity contribution in [3.05, 3.63) is 45.8 Å². The van der Waals surface area contributed by atoms with Gasteiger partial charge in [0.2, 0.25) is 11.9 Å². The van der Waals surface area contributed by atoms with Gasteiger partial charge in [0, 0.05) is 25.4 Å². The van der Waals surface area contributed by atoms with Crippen LogP contribution in [-0.4, -0.2) is 52.6 Å². The van der Waals surface area contributed by atoms with Crippen molar-refractivity contribution in [2.45, 2.75) is 31.8 Å². The third-order valence-electron chi connectivity index (χ3n) is 5.59. The summed E-state index contributed by atoms with van der Waals surface area (Å²) < 4.78 is 20.7. The van der Waals surface area contributed by atoms with E-state index < -0.39 is 17.9 Å². The summed E-state index contributed by atoms with van der Waals surface area (Å²) in [5.41, 5.74) is 1.20. The number of fused-ring (bicyclic) bond motifs is 1. The third-order valence-corrected chi connectivity index (χ3v) is 6.43. The lowest BCUT2D eigenvalue weighted by Crippen LogP contribution is -2.47. The van der Waals surface area contributed by atoms with Gasteiger partial charge in [-0.1, -0.05) is 35.3 Å². The van der Waals surface area contributed by atoms with Gasteiger partial charge >= 0.3 is 0 Å². The minimum absolute atomic E-state index is 0.00605. The second kappa shape index (κ2) is 8.05. The van der Waals surface area contributed by atoms with Crippen LogP contribution in [0.15, 0.2) is 29.3 Å². The van der Waals surface area contributed by atoms with E-state index in [4.69, 9.17) is 27.9 Å². The van der Waals surface area contributed by atoms with Crippen LogP contribution < -0.4 is 0 Å². The number of ether oxygens (including phenoxy) is 1. The highest BCUT2D eigenvalue weighted by molar-refractivity contribution is 6.42. The maximum atomic E-state index is 14.0. The topological polar surface area (TPSA) is 59.7 Å². The second-order valence-corrected chi connectivity index (χ2v) is 8.16. The standard InChI is InChI=1S/C20H21Cl2FN4O2/c1-11-17(20(28)26-8-4-5-12(26)10-29-2)19(13-6-3-7-14(21)18(13)22)27-16(24-11)9-15(23)25-27/h3,6-7,9,12,17,19H,4-5,8,10H2,1-2H3/t12-,17?,19?/m0/s1. The van der Waals surface area contributed by atoms with E-state index in [1.165, 1.54) is 10.7 Å². The van der Waals surface area contributed by atoms with Crippen molar-refractivity contribution >= 4 is 40.6 Å². The lowest BCUT2D eigenvalue weighted by molar-refractivity contribution is -0.136. The van der Waals surface area contributed by atoms with Gasteiger partial charge in [0.1, 0.15) is 5.92 Å². The van der Waals surface area contributed by atoms with Crippen LogP contribution in [0.4, 0.5) is 10.2 Å². The average Bonchev–Trinajstić information content (AvgIpc) is 3.28. The summed E-state index contributed by atoms with van der Waals surface area (Å²) in [5.74, 6) is -1.07. The maximum absolute atomic E-state index is 14.0. The van der Waals surface area contributed by atoms with Crippen molar-refractivity contribution in [2.75, 3.05) is 20.3 Å². The van der Waals surface area contributed by atoms with Gasteiger partial charge in [0.15, 0.2) is 5.82 Å².